The van der Waals surface area contributed by atoms with Crippen LogP contribution in [0.3, 0.4) is 0 Å². The molecule has 1 saturated heterocycles. The lowest BCUT2D eigenvalue weighted by Crippen LogP contribution is -2.44. The molecule has 0 unspecified atom stereocenters. The molecular formula is C23H27ClFN5O3. The second-order valence-corrected chi connectivity index (χ2v) is 10.8. The highest BCUT2D eigenvalue weighted by Gasteiger charge is 2.66. The fraction of sp³-hybridized carbons (Fsp3) is 0.522. The SMILES string of the molecule is CC1(C)C(c2cc(N)n(CC(=O)N3CC[C@@]4(C3)OC(=O)Nc3ccc(Cl)c(F)c34)n2)C1(C)C. The lowest BCUT2D eigenvalue weighted by molar-refractivity contribution is -0.132. The van der Waals surface area contributed by atoms with Crippen molar-refractivity contribution in [3.8, 4) is 0 Å². The monoisotopic (exact) mass is 475 g/mol. The van der Waals surface area contributed by atoms with Crippen LogP contribution in [0.25, 0.3) is 0 Å². The molecule has 33 heavy (non-hydrogen) atoms. The number of nitrogen functional groups attached to an aromatic ring is 1. The summed E-state index contributed by atoms with van der Waals surface area (Å²) in [5.41, 5.74) is 6.44. The zero-order valence-corrected chi connectivity index (χ0v) is 19.8. The molecule has 0 radical (unpaired) electrons. The molecule has 1 spiro atoms. The number of anilines is 2. The van der Waals surface area contributed by atoms with E-state index in [1.54, 1.807) is 11.0 Å². The molecule has 176 valence electrons. The molecule has 1 saturated carbocycles. The second-order valence-electron chi connectivity index (χ2n) is 10.4. The number of likely N-dealkylation sites (tertiary alicyclic amines) is 1. The Morgan fingerprint density at radius 3 is 2.70 bits per heavy atom. The van der Waals surface area contributed by atoms with E-state index in [-0.39, 0.29) is 52.8 Å². The summed E-state index contributed by atoms with van der Waals surface area (Å²) in [6, 6.07) is 4.76. The number of benzene rings is 1. The number of rotatable bonds is 3. The number of carbonyl (C=O) groups excluding carboxylic acids is 2. The summed E-state index contributed by atoms with van der Waals surface area (Å²) in [7, 11) is 0. The molecule has 10 heteroatoms. The van der Waals surface area contributed by atoms with E-state index in [0.29, 0.717) is 18.1 Å². The van der Waals surface area contributed by atoms with Crippen LogP contribution < -0.4 is 11.1 Å². The van der Waals surface area contributed by atoms with Crippen molar-refractivity contribution < 1.29 is 18.7 Å². The highest BCUT2D eigenvalue weighted by atomic mass is 35.5. The van der Waals surface area contributed by atoms with Crippen LogP contribution in [0.1, 0.15) is 51.3 Å². The molecule has 1 aromatic heterocycles. The third-order valence-electron chi connectivity index (χ3n) is 8.09. The molecule has 8 nitrogen and oxygen atoms in total. The van der Waals surface area contributed by atoms with Gasteiger partial charge >= 0.3 is 6.09 Å². The summed E-state index contributed by atoms with van der Waals surface area (Å²) in [5.74, 6) is -0.209. The molecule has 1 aliphatic carbocycles. The van der Waals surface area contributed by atoms with Gasteiger partial charge in [0.25, 0.3) is 0 Å². The van der Waals surface area contributed by atoms with Gasteiger partial charge in [0, 0.05) is 24.9 Å². The van der Waals surface area contributed by atoms with E-state index in [2.05, 4.69) is 38.1 Å². The average Bonchev–Trinajstić information content (AvgIpc) is 3.07. The van der Waals surface area contributed by atoms with E-state index >= 15 is 0 Å². The Morgan fingerprint density at radius 1 is 1.33 bits per heavy atom. The molecule has 1 atom stereocenters. The van der Waals surface area contributed by atoms with Crippen LogP contribution in [0, 0.1) is 16.6 Å². The zero-order valence-electron chi connectivity index (χ0n) is 19.0. The topological polar surface area (TPSA) is 102 Å². The number of nitrogens with two attached hydrogens (primary N) is 1. The lowest BCUT2D eigenvalue weighted by atomic mass is 9.89. The Bertz CT molecular complexity index is 1180. The fourth-order valence-electron chi connectivity index (χ4n) is 5.63. The number of nitrogens with one attached hydrogen (secondary N) is 1. The predicted molar refractivity (Wildman–Crippen MR) is 121 cm³/mol. The zero-order chi connectivity index (χ0) is 23.9. The van der Waals surface area contributed by atoms with Crippen molar-refractivity contribution in [2.75, 3.05) is 24.1 Å². The maximum atomic E-state index is 14.9. The van der Waals surface area contributed by atoms with Crippen molar-refractivity contribution in [2.24, 2.45) is 10.8 Å². The van der Waals surface area contributed by atoms with Crippen molar-refractivity contribution in [3.05, 3.63) is 40.3 Å². The summed E-state index contributed by atoms with van der Waals surface area (Å²) < 4.78 is 22.0. The molecular weight excluding hydrogens is 449 g/mol. The Kier molecular flexibility index (Phi) is 4.57. The van der Waals surface area contributed by atoms with Gasteiger partial charge in [-0.3, -0.25) is 10.1 Å². The van der Waals surface area contributed by atoms with Crippen molar-refractivity contribution in [3.63, 3.8) is 0 Å². The van der Waals surface area contributed by atoms with Gasteiger partial charge in [-0.25, -0.2) is 13.9 Å². The van der Waals surface area contributed by atoms with Gasteiger partial charge in [0.2, 0.25) is 5.91 Å². The lowest BCUT2D eigenvalue weighted by Gasteiger charge is -2.35. The first-order valence-electron chi connectivity index (χ1n) is 11.0. The number of nitrogens with zero attached hydrogens (tertiary/aromatic N) is 3. The number of carbonyl (C=O) groups is 2. The van der Waals surface area contributed by atoms with Crippen molar-refractivity contribution in [1.82, 2.24) is 14.7 Å². The minimum absolute atomic E-state index is 0.0280. The van der Waals surface area contributed by atoms with Crippen LogP contribution >= 0.6 is 11.6 Å². The summed E-state index contributed by atoms with van der Waals surface area (Å²) in [5, 5.41) is 7.06. The third kappa shape index (κ3) is 3.12. The van der Waals surface area contributed by atoms with Crippen molar-refractivity contribution in [1.29, 1.82) is 0 Å². The number of hydrogen-bond donors (Lipinski definition) is 2. The van der Waals surface area contributed by atoms with Crippen LogP contribution in [0.2, 0.25) is 5.02 Å². The smallest absolute Gasteiger partial charge is 0.412 e. The minimum atomic E-state index is -1.29. The quantitative estimate of drug-likeness (QED) is 0.695. The maximum absolute atomic E-state index is 14.9. The van der Waals surface area contributed by atoms with Gasteiger partial charge < -0.3 is 15.4 Å². The Balaban J connectivity index is 1.36. The first kappa shape index (κ1) is 22.0. The number of aromatic nitrogens is 2. The second kappa shape index (κ2) is 6.85. The Hall–Kier alpha value is -2.81. The maximum Gasteiger partial charge on any atom is 0.412 e. The van der Waals surface area contributed by atoms with Gasteiger partial charge in [-0.15, -0.1) is 0 Å². The number of amides is 2. The number of ether oxygens (including phenoxy) is 1. The van der Waals surface area contributed by atoms with Gasteiger partial charge in [-0.1, -0.05) is 39.3 Å². The normalized spacial score (nSPS) is 25.0. The molecule has 3 N–H and O–H groups in total. The van der Waals surface area contributed by atoms with Gasteiger partial charge in [0.05, 0.1) is 28.5 Å². The van der Waals surface area contributed by atoms with Gasteiger partial charge in [0.15, 0.2) is 11.4 Å². The van der Waals surface area contributed by atoms with Gasteiger partial charge in [-0.2, -0.15) is 5.10 Å². The molecule has 2 amide bonds. The van der Waals surface area contributed by atoms with E-state index < -0.39 is 17.5 Å². The van der Waals surface area contributed by atoms with Crippen LogP contribution in [0.5, 0.6) is 0 Å². The van der Waals surface area contributed by atoms with E-state index in [4.69, 9.17) is 22.1 Å². The van der Waals surface area contributed by atoms with Crippen molar-refractivity contribution in [2.45, 2.75) is 52.2 Å². The molecule has 3 heterocycles. The largest absolute Gasteiger partial charge is 0.436 e. The summed E-state index contributed by atoms with van der Waals surface area (Å²) in [6.45, 7) is 9.08. The highest BCUT2D eigenvalue weighted by Crippen LogP contribution is 2.73. The van der Waals surface area contributed by atoms with E-state index in [9.17, 15) is 14.0 Å². The minimum Gasteiger partial charge on any atom is -0.436 e. The van der Waals surface area contributed by atoms with Crippen LogP contribution in [-0.2, 0) is 21.7 Å². The molecule has 0 bridgehead atoms. The standard InChI is InChI=1S/C23H27ClFN5O3/c1-21(2)19(22(21,3)4)14-9-15(26)30(28-14)10-16(31)29-8-7-23(11-29)17-13(27-20(32)33-23)6-5-12(24)18(17)25/h5-6,9,19H,7-8,10-11,26H2,1-4H3,(H,27,32)/t23-/m0/s1. The van der Waals surface area contributed by atoms with E-state index in [0.717, 1.165) is 5.69 Å². The van der Waals surface area contributed by atoms with Gasteiger partial charge in [0.1, 0.15) is 12.4 Å². The van der Waals surface area contributed by atoms with Crippen molar-refractivity contribution >= 4 is 35.1 Å². The predicted octanol–water partition coefficient (Wildman–Crippen LogP) is 4.10. The first-order chi connectivity index (χ1) is 15.4. The molecule has 3 aliphatic rings. The van der Waals surface area contributed by atoms with Gasteiger partial charge in [-0.05, 0) is 23.0 Å². The Morgan fingerprint density at radius 2 is 2.03 bits per heavy atom. The van der Waals surface area contributed by atoms with Crippen LogP contribution in [-0.4, -0.2) is 39.8 Å². The number of halogens is 2. The summed E-state index contributed by atoms with van der Waals surface area (Å²) in [4.78, 5) is 26.8. The van der Waals surface area contributed by atoms with E-state index in [1.165, 1.54) is 10.7 Å². The summed E-state index contributed by atoms with van der Waals surface area (Å²) >= 11 is 5.99. The third-order valence-corrected chi connectivity index (χ3v) is 8.38. The van der Waals surface area contributed by atoms with Crippen LogP contribution in [0.15, 0.2) is 18.2 Å². The average molecular weight is 476 g/mol. The van der Waals surface area contributed by atoms with E-state index in [1.807, 2.05) is 6.07 Å². The molecule has 1 aromatic carbocycles. The molecule has 2 fully saturated rings. The first-order valence-corrected chi connectivity index (χ1v) is 11.3. The van der Waals surface area contributed by atoms with Crippen LogP contribution in [0.4, 0.5) is 20.7 Å². The summed E-state index contributed by atoms with van der Waals surface area (Å²) in [6.07, 6.45) is -0.421. The number of fused-ring (bicyclic) bond motifs is 2. The fourth-order valence-corrected chi connectivity index (χ4v) is 5.79. The Labute approximate surface area is 196 Å². The highest BCUT2D eigenvalue weighted by molar-refractivity contribution is 6.31. The molecule has 2 aromatic rings. The molecule has 5 rings (SSSR count). The number of hydrogen-bond acceptors (Lipinski definition) is 5. The molecule has 2 aliphatic heterocycles.